The second kappa shape index (κ2) is 8.49. The van der Waals surface area contributed by atoms with Crippen LogP contribution >= 0.6 is 34.5 Å². The van der Waals surface area contributed by atoms with Gasteiger partial charge in [-0.15, -0.1) is 11.3 Å². The number of rotatable bonds is 6. The predicted octanol–water partition coefficient (Wildman–Crippen LogP) is 5.35. The van der Waals surface area contributed by atoms with Crippen LogP contribution in [-0.2, 0) is 17.8 Å². The van der Waals surface area contributed by atoms with E-state index >= 15 is 0 Å². The van der Waals surface area contributed by atoms with Crippen LogP contribution in [0.1, 0.15) is 10.7 Å². The van der Waals surface area contributed by atoms with Crippen molar-refractivity contribution in [3.8, 4) is 5.75 Å². The third-order valence-electron chi connectivity index (χ3n) is 3.32. The van der Waals surface area contributed by atoms with Gasteiger partial charge in [-0.25, -0.2) is 9.37 Å². The molecule has 8 heteroatoms. The highest BCUT2D eigenvalue weighted by Crippen LogP contribution is 2.21. The smallest absolute Gasteiger partial charge is 0.230 e. The fourth-order valence-electron chi connectivity index (χ4n) is 2.12. The maximum atomic E-state index is 13.6. The summed E-state index contributed by atoms with van der Waals surface area (Å²) in [7, 11) is 0. The van der Waals surface area contributed by atoms with E-state index in [-0.39, 0.29) is 24.6 Å². The number of thiazole rings is 1. The van der Waals surface area contributed by atoms with E-state index in [1.54, 1.807) is 29.6 Å². The number of halogens is 3. The van der Waals surface area contributed by atoms with Gasteiger partial charge in [0.15, 0.2) is 0 Å². The Hall–Kier alpha value is -2.15. The molecule has 134 valence electrons. The highest BCUT2D eigenvalue weighted by atomic mass is 35.5. The maximum Gasteiger partial charge on any atom is 0.230 e. The van der Waals surface area contributed by atoms with Gasteiger partial charge in [0.1, 0.15) is 23.2 Å². The van der Waals surface area contributed by atoms with Gasteiger partial charge in [0.25, 0.3) is 0 Å². The Bertz CT molecular complexity index is 916. The lowest BCUT2D eigenvalue weighted by atomic mass is 10.2. The lowest BCUT2D eigenvalue weighted by Gasteiger charge is -2.06. The van der Waals surface area contributed by atoms with E-state index in [9.17, 15) is 9.18 Å². The van der Waals surface area contributed by atoms with Crippen LogP contribution in [0.5, 0.6) is 5.75 Å². The van der Waals surface area contributed by atoms with Crippen LogP contribution in [0.15, 0.2) is 47.8 Å². The van der Waals surface area contributed by atoms with Crippen molar-refractivity contribution in [3.63, 3.8) is 0 Å². The van der Waals surface area contributed by atoms with E-state index < -0.39 is 5.82 Å². The minimum Gasteiger partial charge on any atom is -0.486 e. The summed E-state index contributed by atoms with van der Waals surface area (Å²) in [5.74, 6) is -0.236. The van der Waals surface area contributed by atoms with Crippen LogP contribution in [0, 0.1) is 5.82 Å². The van der Waals surface area contributed by atoms with E-state index in [0.717, 1.165) is 5.01 Å². The van der Waals surface area contributed by atoms with Crippen molar-refractivity contribution in [2.24, 2.45) is 0 Å². The maximum absolute atomic E-state index is 13.6. The van der Waals surface area contributed by atoms with Crippen LogP contribution in [0.4, 0.5) is 10.1 Å². The summed E-state index contributed by atoms with van der Waals surface area (Å²) in [5, 5.41) is 5.98. The molecule has 0 atom stereocenters. The van der Waals surface area contributed by atoms with E-state index in [0.29, 0.717) is 21.5 Å². The zero-order valence-corrected chi connectivity index (χ0v) is 15.7. The Morgan fingerprint density at radius 2 is 1.88 bits per heavy atom. The van der Waals surface area contributed by atoms with E-state index in [4.69, 9.17) is 27.9 Å². The molecule has 26 heavy (non-hydrogen) atoms. The zero-order valence-electron chi connectivity index (χ0n) is 13.3. The van der Waals surface area contributed by atoms with Gasteiger partial charge in [0.2, 0.25) is 5.91 Å². The lowest BCUT2D eigenvalue weighted by Crippen LogP contribution is -2.15. The molecule has 0 fully saturated rings. The highest BCUT2D eigenvalue weighted by Gasteiger charge is 2.11. The summed E-state index contributed by atoms with van der Waals surface area (Å²) < 4.78 is 19.3. The molecule has 0 aliphatic carbocycles. The Labute approximate surface area is 163 Å². The minimum atomic E-state index is -0.543. The van der Waals surface area contributed by atoms with E-state index in [1.807, 2.05) is 0 Å². The van der Waals surface area contributed by atoms with Crippen LogP contribution < -0.4 is 10.1 Å². The molecule has 1 heterocycles. The largest absolute Gasteiger partial charge is 0.486 e. The zero-order chi connectivity index (χ0) is 18.5. The predicted molar refractivity (Wildman–Crippen MR) is 102 cm³/mol. The third-order valence-corrected chi connectivity index (χ3v) is 4.68. The number of benzene rings is 2. The van der Waals surface area contributed by atoms with Gasteiger partial charge in [0, 0.05) is 15.4 Å². The van der Waals surface area contributed by atoms with Gasteiger partial charge >= 0.3 is 0 Å². The molecule has 0 bridgehead atoms. The monoisotopic (exact) mass is 410 g/mol. The average molecular weight is 411 g/mol. The third kappa shape index (κ3) is 5.17. The molecule has 1 N–H and O–H groups in total. The number of carbonyl (C=O) groups excluding carboxylic acids is 1. The number of hydrogen-bond donors (Lipinski definition) is 1. The van der Waals surface area contributed by atoms with Gasteiger partial charge < -0.3 is 10.1 Å². The van der Waals surface area contributed by atoms with Crippen molar-refractivity contribution in [2.75, 3.05) is 5.32 Å². The lowest BCUT2D eigenvalue weighted by molar-refractivity contribution is -0.115. The van der Waals surface area contributed by atoms with Crippen molar-refractivity contribution >= 4 is 46.1 Å². The Kier molecular flexibility index (Phi) is 6.08. The van der Waals surface area contributed by atoms with E-state index in [2.05, 4.69) is 10.3 Å². The van der Waals surface area contributed by atoms with Gasteiger partial charge in [-0.2, -0.15) is 0 Å². The SMILES string of the molecule is O=C(Cc1csc(COc2ccc(Cl)cc2)n1)Nc1cc(Cl)ccc1F. The molecule has 1 amide bonds. The average Bonchev–Trinajstić information content (AvgIpc) is 3.05. The molecule has 3 aromatic rings. The summed E-state index contributed by atoms with van der Waals surface area (Å²) in [6.07, 6.45) is 0.0311. The van der Waals surface area contributed by atoms with Crippen molar-refractivity contribution in [3.05, 3.63) is 74.4 Å². The van der Waals surface area contributed by atoms with Crippen molar-refractivity contribution in [1.29, 1.82) is 0 Å². The highest BCUT2D eigenvalue weighted by molar-refractivity contribution is 7.09. The number of ether oxygens (including phenoxy) is 1. The van der Waals surface area contributed by atoms with E-state index in [1.165, 1.54) is 29.5 Å². The molecule has 0 aliphatic heterocycles. The molecule has 2 aromatic carbocycles. The summed E-state index contributed by atoms with van der Waals surface area (Å²) in [6, 6.07) is 11.0. The molecule has 0 spiro atoms. The van der Waals surface area contributed by atoms with Crippen LogP contribution in [0.25, 0.3) is 0 Å². The molecule has 0 unspecified atom stereocenters. The topological polar surface area (TPSA) is 51.2 Å². The number of amides is 1. The van der Waals surface area contributed by atoms with Crippen molar-refractivity contribution in [2.45, 2.75) is 13.0 Å². The molecule has 0 saturated carbocycles. The van der Waals surface area contributed by atoms with Gasteiger partial charge in [-0.05, 0) is 42.5 Å². The number of hydrogen-bond acceptors (Lipinski definition) is 4. The first-order chi connectivity index (χ1) is 12.5. The van der Waals surface area contributed by atoms with Crippen molar-refractivity contribution in [1.82, 2.24) is 4.98 Å². The standard InChI is InChI=1S/C18H13Cl2FN2O2S/c19-11-1-4-14(5-2-11)25-9-18-22-13(10-26-18)8-17(24)23-16-7-12(20)3-6-15(16)21/h1-7,10H,8-9H2,(H,23,24). The summed E-state index contributed by atoms with van der Waals surface area (Å²) in [5.41, 5.74) is 0.633. The number of nitrogens with zero attached hydrogens (tertiary/aromatic N) is 1. The molecule has 4 nitrogen and oxygen atoms in total. The summed E-state index contributed by atoms with van der Waals surface area (Å²) in [6.45, 7) is 0.289. The molecular formula is C18H13Cl2FN2O2S. The summed E-state index contributed by atoms with van der Waals surface area (Å²) in [4.78, 5) is 16.4. The van der Waals surface area contributed by atoms with Crippen LogP contribution in [0.3, 0.4) is 0 Å². The quantitative estimate of drug-likeness (QED) is 0.595. The fourth-order valence-corrected chi connectivity index (χ4v) is 3.13. The Morgan fingerprint density at radius 1 is 1.15 bits per heavy atom. The first-order valence-corrected chi connectivity index (χ1v) is 9.20. The van der Waals surface area contributed by atoms with Gasteiger partial charge in [-0.3, -0.25) is 4.79 Å². The Balaban J connectivity index is 1.55. The fraction of sp³-hybridized carbons (Fsp3) is 0.111. The molecule has 1 aromatic heterocycles. The van der Waals surface area contributed by atoms with Gasteiger partial charge in [0.05, 0.1) is 17.8 Å². The second-order valence-corrected chi connectivity index (χ2v) is 7.14. The summed E-state index contributed by atoms with van der Waals surface area (Å²) >= 11 is 13.0. The van der Waals surface area contributed by atoms with Crippen LogP contribution in [-0.4, -0.2) is 10.9 Å². The number of carbonyl (C=O) groups is 1. The molecule has 3 rings (SSSR count). The minimum absolute atomic E-state index is 0.0311. The first kappa shape index (κ1) is 18.6. The first-order valence-electron chi connectivity index (χ1n) is 7.56. The van der Waals surface area contributed by atoms with Crippen LogP contribution in [0.2, 0.25) is 10.0 Å². The number of nitrogens with one attached hydrogen (secondary N) is 1. The number of anilines is 1. The molecule has 0 aliphatic rings. The Morgan fingerprint density at radius 3 is 2.65 bits per heavy atom. The molecular weight excluding hydrogens is 398 g/mol. The van der Waals surface area contributed by atoms with Crippen molar-refractivity contribution < 1.29 is 13.9 Å². The number of aromatic nitrogens is 1. The second-order valence-electron chi connectivity index (χ2n) is 5.32. The molecule has 0 saturated heterocycles. The van der Waals surface area contributed by atoms with Gasteiger partial charge in [-0.1, -0.05) is 23.2 Å². The normalized spacial score (nSPS) is 10.6. The molecule has 0 radical (unpaired) electrons.